The predicted octanol–water partition coefficient (Wildman–Crippen LogP) is 20.8. The molecule has 5 atom stereocenters. The molecule has 96 heavy (non-hydrogen) atoms. The van der Waals surface area contributed by atoms with Gasteiger partial charge in [0.2, 0.25) is 0 Å². The lowest BCUT2D eigenvalue weighted by atomic mass is 10.1. The average Bonchev–Trinajstić information content (AvgIpc) is 1.21. The number of phosphoric acid groups is 2. The molecule has 550 valence electrons. The molecule has 0 aliphatic rings. The van der Waals surface area contributed by atoms with Gasteiger partial charge in [-0.15, -0.1) is 0 Å². The number of unbranched alkanes of at least 4 members (excludes halogenated alkanes) is 22. The van der Waals surface area contributed by atoms with Gasteiger partial charge in [-0.3, -0.25) is 37.3 Å². The molecule has 0 aromatic heterocycles. The number of rotatable bonds is 68. The van der Waals surface area contributed by atoms with Crippen LogP contribution in [0.2, 0.25) is 0 Å². The van der Waals surface area contributed by atoms with Gasteiger partial charge in [0.05, 0.1) is 26.4 Å². The van der Waals surface area contributed by atoms with Crippen molar-refractivity contribution in [3.63, 3.8) is 0 Å². The Balaban J connectivity index is 5.36. The number of hydrogen-bond acceptors (Lipinski definition) is 15. The zero-order chi connectivity index (χ0) is 70.4. The van der Waals surface area contributed by atoms with Crippen molar-refractivity contribution in [3.05, 3.63) is 122 Å². The molecule has 0 saturated carbocycles. The zero-order valence-corrected chi connectivity index (χ0v) is 61.5. The highest BCUT2D eigenvalue weighted by atomic mass is 31.2. The summed E-state index contributed by atoms with van der Waals surface area (Å²) in [6.07, 6.45) is 73.6. The predicted molar refractivity (Wildman–Crippen MR) is 390 cm³/mol. The Kier molecular flexibility index (Phi) is 65.7. The summed E-state index contributed by atoms with van der Waals surface area (Å²) in [6.45, 7) is 4.48. The van der Waals surface area contributed by atoms with Crippen molar-refractivity contribution < 1.29 is 80.2 Å². The zero-order valence-electron chi connectivity index (χ0n) is 59.8. The van der Waals surface area contributed by atoms with E-state index in [2.05, 4.69) is 137 Å². The van der Waals surface area contributed by atoms with Crippen molar-refractivity contribution in [3.8, 4) is 0 Å². The Morgan fingerprint density at radius 2 is 0.562 bits per heavy atom. The third-order valence-corrected chi connectivity index (χ3v) is 16.8. The van der Waals surface area contributed by atoms with Crippen LogP contribution < -0.4 is 0 Å². The maximum Gasteiger partial charge on any atom is 0.472 e. The maximum atomic E-state index is 13.0. The number of ether oxygens (including phenoxy) is 4. The van der Waals surface area contributed by atoms with Crippen LogP contribution in [-0.4, -0.2) is 96.7 Å². The van der Waals surface area contributed by atoms with E-state index in [-0.39, 0.29) is 25.7 Å². The van der Waals surface area contributed by atoms with Crippen molar-refractivity contribution in [2.45, 2.75) is 303 Å². The second kappa shape index (κ2) is 69.0. The van der Waals surface area contributed by atoms with Crippen LogP contribution in [0.25, 0.3) is 0 Å². The third kappa shape index (κ3) is 68.0. The third-order valence-electron chi connectivity index (χ3n) is 14.9. The quantitative estimate of drug-likeness (QED) is 0.0169. The summed E-state index contributed by atoms with van der Waals surface area (Å²) in [5, 5.41) is 10.6. The van der Waals surface area contributed by atoms with Crippen molar-refractivity contribution in [2.24, 2.45) is 0 Å². The minimum absolute atomic E-state index is 0.0700. The van der Waals surface area contributed by atoms with E-state index in [1.807, 2.05) is 12.2 Å². The highest BCUT2D eigenvalue weighted by Gasteiger charge is 2.30. The van der Waals surface area contributed by atoms with Crippen LogP contribution in [0.3, 0.4) is 0 Å². The Labute approximate surface area is 581 Å². The summed E-state index contributed by atoms with van der Waals surface area (Å²) in [5.74, 6) is -2.28. The molecule has 0 aromatic rings. The Bertz CT molecular complexity index is 2300. The number of carbonyl (C=O) groups is 4. The van der Waals surface area contributed by atoms with Gasteiger partial charge >= 0.3 is 39.5 Å². The summed E-state index contributed by atoms with van der Waals surface area (Å²) >= 11 is 0. The van der Waals surface area contributed by atoms with E-state index in [4.69, 9.17) is 37.0 Å². The van der Waals surface area contributed by atoms with Crippen LogP contribution in [-0.2, 0) is 65.4 Å². The summed E-state index contributed by atoms with van der Waals surface area (Å²) in [6, 6.07) is 0. The lowest BCUT2D eigenvalue weighted by Crippen LogP contribution is -2.30. The van der Waals surface area contributed by atoms with Gasteiger partial charge in [-0.2, -0.15) is 0 Å². The molecule has 0 saturated heterocycles. The molecular weight excluding hydrogens is 1260 g/mol. The smallest absolute Gasteiger partial charge is 0.462 e. The van der Waals surface area contributed by atoms with Gasteiger partial charge in [0, 0.05) is 25.7 Å². The van der Waals surface area contributed by atoms with Gasteiger partial charge in [0.25, 0.3) is 0 Å². The standard InChI is InChI=1S/C77H130O17P2/c1-5-9-13-17-21-25-29-31-33-35-37-39-43-45-49-53-57-61-74(79)87-67-72(93-76(81)63-59-55-51-47-41-27-23-19-15-11-7-3)69-91-95(83,84)89-65-71(78)66-90-96(85,86)92-70-73(94-77(82)64-60-56-52-48-42-28-24-20-16-12-8-4)68-88-75(80)62-58-54-50-46-44-40-38-36-34-32-30-26-22-18-14-10-6-2/h9-10,13-14,19,21-23,25-26,31-34,37-40,45,49,71-73,78H,5-8,11-12,15-18,20,24,27-30,35-36,41-44,46-48,50-70H2,1-4H3,(H,83,84)(H,85,86)/b13-9-,14-10-,23-19-,25-21-,26-22-,33-31-,34-32-,39-37-,40-38-,49-45-. The van der Waals surface area contributed by atoms with E-state index in [0.717, 1.165) is 148 Å². The highest BCUT2D eigenvalue weighted by molar-refractivity contribution is 7.47. The molecule has 0 spiro atoms. The van der Waals surface area contributed by atoms with E-state index >= 15 is 0 Å². The molecule has 17 nitrogen and oxygen atoms in total. The topological polar surface area (TPSA) is 237 Å². The molecular formula is C77H130O17P2. The lowest BCUT2D eigenvalue weighted by Gasteiger charge is -2.21. The van der Waals surface area contributed by atoms with Crippen LogP contribution in [0.5, 0.6) is 0 Å². The molecule has 19 heteroatoms. The molecule has 0 radical (unpaired) electrons. The molecule has 0 aromatic carbocycles. The lowest BCUT2D eigenvalue weighted by molar-refractivity contribution is -0.161. The van der Waals surface area contributed by atoms with Crippen molar-refractivity contribution in [2.75, 3.05) is 39.6 Å². The average molecular weight is 1390 g/mol. The summed E-state index contributed by atoms with van der Waals surface area (Å²) in [7, 11) is -9.96. The number of allylic oxidation sites excluding steroid dienone is 20. The van der Waals surface area contributed by atoms with Crippen LogP contribution in [0, 0.1) is 0 Å². The largest absolute Gasteiger partial charge is 0.472 e. The molecule has 0 rings (SSSR count). The molecule has 0 amide bonds. The first-order chi connectivity index (χ1) is 46.7. The maximum absolute atomic E-state index is 13.0. The van der Waals surface area contributed by atoms with Gasteiger partial charge in [-0.25, -0.2) is 9.13 Å². The first-order valence-corrected chi connectivity index (χ1v) is 39.8. The second-order valence-electron chi connectivity index (χ2n) is 24.1. The van der Waals surface area contributed by atoms with Gasteiger partial charge in [0.15, 0.2) is 12.2 Å². The van der Waals surface area contributed by atoms with E-state index in [1.54, 1.807) is 0 Å². The molecule has 0 fully saturated rings. The summed E-state index contributed by atoms with van der Waals surface area (Å²) < 4.78 is 68.2. The first kappa shape index (κ1) is 91.5. The molecule has 5 unspecified atom stereocenters. The Hall–Kier alpha value is -4.54. The molecule has 0 aliphatic carbocycles. The number of phosphoric ester groups is 2. The first-order valence-electron chi connectivity index (χ1n) is 36.8. The van der Waals surface area contributed by atoms with E-state index in [0.29, 0.717) is 32.1 Å². The fourth-order valence-electron chi connectivity index (χ4n) is 9.34. The minimum atomic E-state index is -4.99. The molecule has 0 aliphatic heterocycles. The van der Waals surface area contributed by atoms with Crippen molar-refractivity contribution in [1.82, 2.24) is 0 Å². The fraction of sp³-hybridized carbons (Fsp3) is 0.688. The highest BCUT2D eigenvalue weighted by Crippen LogP contribution is 2.45. The second-order valence-corrected chi connectivity index (χ2v) is 27.0. The number of carbonyl (C=O) groups excluding carboxylic acids is 4. The van der Waals surface area contributed by atoms with E-state index in [1.165, 1.54) is 51.4 Å². The van der Waals surface area contributed by atoms with Crippen molar-refractivity contribution in [1.29, 1.82) is 0 Å². The minimum Gasteiger partial charge on any atom is -0.462 e. The Morgan fingerprint density at radius 1 is 0.302 bits per heavy atom. The van der Waals surface area contributed by atoms with Gasteiger partial charge in [-0.1, -0.05) is 258 Å². The van der Waals surface area contributed by atoms with Crippen LogP contribution in [0.15, 0.2) is 122 Å². The van der Waals surface area contributed by atoms with Crippen LogP contribution >= 0.6 is 15.6 Å². The summed E-state index contributed by atoms with van der Waals surface area (Å²) in [4.78, 5) is 72.6. The van der Waals surface area contributed by atoms with Crippen LogP contribution in [0.1, 0.15) is 285 Å². The van der Waals surface area contributed by atoms with Crippen LogP contribution in [0.4, 0.5) is 0 Å². The van der Waals surface area contributed by atoms with E-state index in [9.17, 15) is 43.2 Å². The van der Waals surface area contributed by atoms with Gasteiger partial charge < -0.3 is 33.8 Å². The van der Waals surface area contributed by atoms with Crippen molar-refractivity contribution >= 4 is 39.5 Å². The number of aliphatic hydroxyl groups is 1. The number of hydrogen-bond donors (Lipinski definition) is 3. The summed E-state index contributed by atoms with van der Waals surface area (Å²) in [5.41, 5.74) is 0. The van der Waals surface area contributed by atoms with E-state index < -0.39 is 97.5 Å². The number of aliphatic hydroxyl groups excluding tert-OH is 1. The monoisotopic (exact) mass is 1390 g/mol. The Morgan fingerprint density at radius 3 is 0.917 bits per heavy atom. The fourth-order valence-corrected chi connectivity index (χ4v) is 10.9. The normalized spacial score (nSPS) is 14.7. The SMILES string of the molecule is CC/C=C\C/C=C\C/C=C\C/C=C\C/C=C\CCCC(=O)OCC(COP(=O)(O)OCC(O)COP(=O)(O)OCC(COC(=O)CCCCCC/C=C\C/C=C\C/C=C\C/C=C\CC)OC(=O)CCCCCCCCCCCCC)OC(=O)CCCCCCC/C=C\CCCC. The number of esters is 4. The molecule has 0 heterocycles. The molecule has 0 bridgehead atoms. The van der Waals surface area contributed by atoms with Gasteiger partial charge in [0.1, 0.15) is 19.3 Å². The molecule has 3 N–H and O–H groups in total. The van der Waals surface area contributed by atoms with Gasteiger partial charge in [-0.05, 0) is 122 Å².